The van der Waals surface area contributed by atoms with Crippen LogP contribution in [0.15, 0.2) is 21.9 Å². The van der Waals surface area contributed by atoms with Gasteiger partial charge < -0.3 is 5.32 Å². The van der Waals surface area contributed by atoms with Crippen LogP contribution in [0.2, 0.25) is 0 Å². The Labute approximate surface area is 110 Å². The first-order chi connectivity index (χ1) is 7.45. The van der Waals surface area contributed by atoms with E-state index in [0.717, 1.165) is 10.2 Å². The van der Waals surface area contributed by atoms with E-state index in [4.69, 9.17) is 0 Å². The van der Waals surface area contributed by atoms with Crippen molar-refractivity contribution in [1.82, 2.24) is 5.32 Å². The lowest BCUT2D eigenvalue weighted by Gasteiger charge is -2.29. The van der Waals surface area contributed by atoms with E-state index in [9.17, 15) is 0 Å². The zero-order valence-corrected chi connectivity index (χ0v) is 15.1. The third-order valence-electron chi connectivity index (χ3n) is 3.55. The summed E-state index contributed by atoms with van der Waals surface area (Å²) in [6.07, 6.45) is 0. The second kappa shape index (κ2) is 4.40. The molecule has 0 saturated heterocycles. The second-order valence-electron chi connectivity index (χ2n) is 7.44. The van der Waals surface area contributed by atoms with Crippen molar-refractivity contribution in [3.63, 3.8) is 0 Å². The minimum Gasteiger partial charge on any atom is -0.302 e. The number of allylic oxidation sites excluding steroid dienone is 2. The molecule has 17 heavy (non-hydrogen) atoms. The van der Waals surface area contributed by atoms with Crippen molar-refractivity contribution in [2.75, 3.05) is 0 Å². The molecule has 0 bridgehead atoms. The van der Waals surface area contributed by atoms with Crippen LogP contribution in [0.1, 0.15) is 55.4 Å². The Morgan fingerprint density at radius 1 is 1.00 bits per heavy atom. The summed E-state index contributed by atoms with van der Waals surface area (Å²) in [6, 6.07) is 0.482. The van der Waals surface area contributed by atoms with Gasteiger partial charge in [0.2, 0.25) is 0 Å². The fraction of sp³-hybridized carbons (Fsp3) is 0.733. The summed E-state index contributed by atoms with van der Waals surface area (Å²) in [5.41, 5.74) is 5.09. The molecule has 0 spiro atoms. The Bertz CT molecular complexity index is 375. The van der Waals surface area contributed by atoms with E-state index >= 15 is 0 Å². The average molecular weight is 251 g/mol. The van der Waals surface area contributed by atoms with Crippen LogP contribution in [-0.4, -0.2) is 21.8 Å². The minimum absolute atomic E-state index is 0.176. The van der Waals surface area contributed by atoms with E-state index in [2.05, 4.69) is 60.7 Å². The standard InChI is InChI=1S/C15H29NSi/c1-9-10(2)12(16-15(6,7)8)13(17)11(9)14(3,4)5/h12,16H,1-8,17H3. The van der Waals surface area contributed by atoms with Crippen LogP contribution < -0.4 is 5.32 Å². The van der Waals surface area contributed by atoms with Gasteiger partial charge >= 0.3 is 0 Å². The molecule has 1 aliphatic carbocycles. The van der Waals surface area contributed by atoms with Gasteiger partial charge in [-0.15, -0.1) is 0 Å². The Morgan fingerprint density at radius 2 is 1.47 bits per heavy atom. The molecule has 0 amide bonds. The molecule has 0 aromatic carbocycles. The van der Waals surface area contributed by atoms with Gasteiger partial charge in [-0.05, 0) is 56.8 Å². The van der Waals surface area contributed by atoms with E-state index in [1.807, 2.05) is 0 Å². The maximum atomic E-state index is 3.77. The Morgan fingerprint density at radius 3 is 1.76 bits per heavy atom. The van der Waals surface area contributed by atoms with Crippen LogP contribution in [0.25, 0.3) is 0 Å². The molecule has 0 radical (unpaired) electrons. The Balaban J connectivity index is 3.17. The Hall–Kier alpha value is -0.343. The molecule has 0 aromatic heterocycles. The lowest BCUT2D eigenvalue weighted by molar-refractivity contribution is 0.409. The summed E-state index contributed by atoms with van der Waals surface area (Å²) < 4.78 is 0. The largest absolute Gasteiger partial charge is 0.302 e. The third kappa shape index (κ3) is 3.11. The quantitative estimate of drug-likeness (QED) is 0.707. The van der Waals surface area contributed by atoms with Crippen molar-refractivity contribution in [2.24, 2.45) is 5.41 Å². The molecule has 1 rings (SSSR count). The second-order valence-corrected chi connectivity index (χ2v) is 8.52. The minimum atomic E-state index is 0.176. The molecule has 1 unspecified atom stereocenters. The van der Waals surface area contributed by atoms with Crippen LogP contribution in [0, 0.1) is 5.41 Å². The highest BCUT2D eigenvalue weighted by atomic mass is 28.1. The summed E-state index contributed by atoms with van der Waals surface area (Å²) in [5.74, 6) is 0. The topological polar surface area (TPSA) is 12.0 Å². The maximum absolute atomic E-state index is 3.77. The molecule has 1 N–H and O–H groups in total. The molecule has 98 valence electrons. The van der Waals surface area contributed by atoms with Gasteiger partial charge in [0.05, 0.1) is 0 Å². The predicted molar refractivity (Wildman–Crippen MR) is 81.5 cm³/mol. The highest BCUT2D eigenvalue weighted by Gasteiger charge is 2.33. The smallest absolute Gasteiger partial charge is 0.0462 e. The molecule has 1 nitrogen and oxygen atoms in total. The highest BCUT2D eigenvalue weighted by molar-refractivity contribution is 6.24. The molecule has 0 aliphatic heterocycles. The van der Waals surface area contributed by atoms with Crippen LogP contribution in [-0.2, 0) is 0 Å². The normalized spacial score (nSPS) is 22.9. The van der Waals surface area contributed by atoms with Gasteiger partial charge in [0.25, 0.3) is 0 Å². The van der Waals surface area contributed by atoms with Crippen LogP contribution in [0.5, 0.6) is 0 Å². The number of nitrogens with one attached hydrogen (secondary N) is 1. The van der Waals surface area contributed by atoms with Crippen molar-refractivity contribution < 1.29 is 0 Å². The molecule has 1 atom stereocenters. The zero-order chi connectivity index (χ0) is 13.6. The van der Waals surface area contributed by atoms with Gasteiger partial charge in [0.1, 0.15) is 0 Å². The third-order valence-corrected chi connectivity index (χ3v) is 4.63. The lowest BCUT2D eigenvalue weighted by atomic mass is 9.83. The first kappa shape index (κ1) is 14.7. The highest BCUT2D eigenvalue weighted by Crippen LogP contribution is 2.41. The summed E-state index contributed by atoms with van der Waals surface area (Å²) >= 11 is 0. The number of hydrogen-bond donors (Lipinski definition) is 1. The molecule has 0 saturated carbocycles. The number of hydrogen-bond acceptors (Lipinski definition) is 1. The van der Waals surface area contributed by atoms with Crippen LogP contribution in [0.4, 0.5) is 0 Å². The Kier molecular flexibility index (Phi) is 3.81. The van der Waals surface area contributed by atoms with Crippen LogP contribution in [0.3, 0.4) is 0 Å². The van der Waals surface area contributed by atoms with Gasteiger partial charge in [-0.1, -0.05) is 26.0 Å². The first-order valence-electron chi connectivity index (χ1n) is 6.62. The predicted octanol–water partition coefficient (Wildman–Crippen LogP) is 2.76. The van der Waals surface area contributed by atoms with Gasteiger partial charge in [0, 0.05) is 21.8 Å². The number of rotatable bonds is 1. The van der Waals surface area contributed by atoms with Crippen molar-refractivity contribution in [3.05, 3.63) is 21.9 Å². The average Bonchev–Trinajstić information content (AvgIpc) is 2.26. The maximum Gasteiger partial charge on any atom is 0.0462 e. The fourth-order valence-electron chi connectivity index (χ4n) is 2.98. The van der Waals surface area contributed by atoms with Gasteiger partial charge in [0.15, 0.2) is 0 Å². The van der Waals surface area contributed by atoms with E-state index < -0.39 is 0 Å². The molecular formula is C15H29NSi. The molecule has 0 aromatic rings. The summed E-state index contributed by atoms with van der Waals surface area (Å²) in [7, 11) is 1.15. The molecule has 0 heterocycles. The summed E-state index contributed by atoms with van der Waals surface area (Å²) in [5, 5.41) is 5.41. The van der Waals surface area contributed by atoms with Gasteiger partial charge in [-0.3, -0.25) is 0 Å². The fourth-order valence-corrected chi connectivity index (χ4v) is 4.68. The summed E-state index contributed by atoms with van der Waals surface area (Å²) in [6.45, 7) is 18.3. The first-order valence-corrected chi connectivity index (χ1v) is 7.62. The molecule has 0 fully saturated rings. The zero-order valence-electron chi connectivity index (χ0n) is 13.1. The lowest BCUT2D eigenvalue weighted by Crippen LogP contribution is -2.44. The van der Waals surface area contributed by atoms with Crippen molar-refractivity contribution >= 4 is 10.2 Å². The van der Waals surface area contributed by atoms with Crippen molar-refractivity contribution in [3.8, 4) is 0 Å². The van der Waals surface area contributed by atoms with Gasteiger partial charge in [-0.25, -0.2) is 0 Å². The molecule has 2 heteroatoms. The van der Waals surface area contributed by atoms with E-state index in [-0.39, 0.29) is 11.0 Å². The van der Waals surface area contributed by atoms with Crippen LogP contribution >= 0.6 is 0 Å². The summed E-state index contributed by atoms with van der Waals surface area (Å²) in [4.78, 5) is 0. The van der Waals surface area contributed by atoms with Gasteiger partial charge in [-0.2, -0.15) is 0 Å². The SMILES string of the molecule is CC1=C(C)C(NC(C)(C)C)C([SiH3])=C1C(C)(C)C. The van der Waals surface area contributed by atoms with Crippen molar-refractivity contribution in [2.45, 2.75) is 67.0 Å². The van der Waals surface area contributed by atoms with Crippen molar-refractivity contribution in [1.29, 1.82) is 0 Å². The van der Waals surface area contributed by atoms with E-state index in [0.29, 0.717) is 6.04 Å². The molecule has 1 aliphatic rings. The van der Waals surface area contributed by atoms with E-state index in [1.165, 1.54) is 11.1 Å². The van der Waals surface area contributed by atoms with E-state index in [1.54, 1.807) is 10.8 Å². The molecular weight excluding hydrogens is 222 g/mol. The monoisotopic (exact) mass is 251 g/mol.